The maximum Gasteiger partial charge on any atom is 0.252 e. The van der Waals surface area contributed by atoms with E-state index in [0.717, 1.165) is 23.5 Å². The van der Waals surface area contributed by atoms with Gasteiger partial charge in [0.25, 0.3) is 5.95 Å². The second-order valence-electron chi connectivity index (χ2n) is 6.51. The highest BCUT2D eigenvalue weighted by atomic mass is 19.3. The molecule has 1 saturated carbocycles. The van der Waals surface area contributed by atoms with Crippen LogP contribution in [-0.4, -0.2) is 31.7 Å². The fraction of sp³-hybridized carbons (Fsp3) is 0.588. The topological polar surface area (TPSA) is 55.6 Å². The zero-order valence-electron chi connectivity index (χ0n) is 14.3. The van der Waals surface area contributed by atoms with E-state index in [9.17, 15) is 8.78 Å². The minimum atomic E-state index is -2.52. The third-order valence-electron chi connectivity index (χ3n) is 4.37. The molecule has 0 aliphatic heterocycles. The minimum Gasteiger partial charge on any atom is -0.367 e. The van der Waals surface area contributed by atoms with Gasteiger partial charge in [-0.2, -0.15) is 10.1 Å². The average Bonchev–Trinajstić information content (AvgIpc) is 2.90. The number of anilines is 1. The Morgan fingerprint density at radius 2 is 1.88 bits per heavy atom. The van der Waals surface area contributed by atoms with Crippen LogP contribution in [0.4, 0.5) is 14.6 Å². The molecule has 0 amide bonds. The number of hydrogen-bond donors (Lipinski definition) is 1. The van der Waals surface area contributed by atoms with E-state index in [1.807, 2.05) is 26.0 Å². The summed E-state index contributed by atoms with van der Waals surface area (Å²) >= 11 is 0. The molecule has 1 fully saturated rings. The Bertz CT molecular complexity index is 716. The molecule has 0 bridgehead atoms. The number of aromatic nitrogens is 4. The van der Waals surface area contributed by atoms with Crippen molar-refractivity contribution in [2.45, 2.75) is 64.8 Å². The fourth-order valence-electron chi connectivity index (χ4n) is 3.09. The molecule has 1 N–H and O–H groups in total. The van der Waals surface area contributed by atoms with Gasteiger partial charge >= 0.3 is 0 Å². The highest BCUT2D eigenvalue weighted by molar-refractivity contribution is 5.40. The summed E-state index contributed by atoms with van der Waals surface area (Å²) in [6.45, 7) is 5.89. The van der Waals surface area contributed by atoms with Gasteiger partial charge in [-0.25, -0.2) is 18.4 Å². The van der Waals surface area contributed by atoms with Gasteiger partial charge in [-0.05, 0) is 39.2 Å². The molecule has 5 nitrogen and oxygen atoms in total. The van der Waals surface area contributed by atoms with Crippen LogP contribution in [0.1, 0.15) is 49.7 Å². The van der Waals surface area contributed by atoms with Gasteiger partial charge in [0.05, 0.1) is 5.69 Å². The number of hydrogen-bond acceptors (Lipinski definition) is 4. The predicted molar refractivity (Wildman–Crippen MR) is 88.8 cm³/mol. The van der Waals surface area contributed by atoms with Gasteiger partial charge in [-0.1, -0.05) is 6.92 Å². The Balaban J connectivity index is 1.82. The lowest BCUT2D eigenvalue weighted by molar-refractivity contribution is -0.0361. The second kappa shape index (κ2) is 6.45. The molecule has 1 aliphatic carbocycles. The molecule has 3 rings (SSSR count). The quantitative estimate of drug-likeness (QED) is 0.922. The third-order valence-corrected chi connectivity index (χ3v) is 4.37. The van der Waals surface area contributed by atoms with E-state index >= 15 is 0 Å². The summed E-state index contributed by atoms with van der Waals surface area (Å²) in [5.41, 5.74) is 2.78. The maximum atomic E-state index is 13.3. The monoisotopic (exact) mass is 335 g/mol. The fourth-order valence-corrected chi connectivity index (χ4v) is 3.09. The van der Waals surface area contributed by atoms with Crippen molar-refractivity contribution in [2.24, 2.45) is 0 Å². The molecule has 0 atom stereocenters. The predicted octanol–water partition coefficient (Wildman–Crippen LogP) is 3.83. The van der Waals surface area contributed by atoms with E-state index in [0.29, 0.717) is 24.6 Å². The van der Waals surface area contributed by atoms with Gasteiger partial charge in [0.2, 0.25) is 5.92 Å². The van der Waals surface area contributed by atoms with Crippen molar-refractivity contribution in [2.75, 3.05) is 5.32 Å². The summed E-state index contributed by atoms with van der Waals surface area (Å²) in [5, 5.41) is 7.75. The van der Waals surface area contributed by atoms with Crippen LogP contribution in [0.5, 0.6) is 0 Å². The number of alkyl halides is 2. The molecule has 0 unspecified atom stereocenters. The zero-order valence-corrected chi connectivity index (χ0v) is 14.3. The van der Waals surface area contributed by atoms with Crippen molar-refractivity contribution in [3.05, 3.63) is 29.2 Å². The number of nitrogens with zero attached hydrogens (tertiary/aromatic N) is 4. The molecule has 0 saturated heterocycles. The summed E-state index contributed by atoms with van der Waals surface area (Å²) in [7, 11) is 0. The van der Waals surface area contributed by atoms with Crippen LogP contribution in [0.3, 0.4) is 0 Å². The summed E-state index contributed by atoms with van der Waals surface area (Å²) in [5.74, 6) is -1.33. The summed E-state index contributed by atoms with van der Waals surface area (Å²) < 4.78 is 28.3. The van der Waals surface area contributed by atoms with Crippen molar-refractivity contribution >= 4 is 5.82 Å². The van der Waals surface area contributed by atoms with Crippen LogP contribution in [0, 0.1) is 13.8 Å². The molecule has 0 spiro atoms. The molecule has 130 valence electrons. The molecule has 7 heteroatoms. The Morgan fingerprint density at radius 3 is 2.54 bits per heavy atom. The Labute approximate surface area is 140 Å². The first kappa shape index (κ1) is 16.8. The standard InChI is InChI=1S/C17H23F2N5/c1-4-14-9-12(3)23-24(14)16-20-11(2)10-15(22-16)21-13-5-7-17(18,19)8-6-13/h9-10,13H,4-8H2,1-3H3,(H,20,21,22). The number of rotatable bonds is 4. The zero-order chi connectivity index (χ0) is 17.3. The Hall–Kier alpha value is -2.05. The van der Waals surface area contributed by atoms with E-state index in [1.54, 1.807) is 4.68 Å². The largest absolute Gasteiger partial charge is 0.367 e. The van der Waals surface area contributed by atoms with E-state index in [2.05, 4.69) is 27.3 Å². The SMILES string of the molecule is CCc1cc(C)nn1-c1nc(C)cc(NC2CCC(F)(F)CC2)n1. The van der Waals surface area contributed by atoms with Crippen LogP contribution < -0.4 is 5.32 Å². The smallest absolute Gasteiger partial charge is 0.252 e. The molecular weight excluding hydrogens is 312 g/mol. The summed E-state index contributed by atoms with van der Waals surface area (Å²) in [4.78, 5) is 9.02. The maximum absolute atomic E-state index is 13.3. The first-order chi connectivity index (χ1) is 11.4. The first-order valence-corrected chi connectivity index (χ1v) is 8.42. The van der Waals surface area contributed by atoms with Gasteiger partial charge in [0, 0.05) is 36.3 Å². The number of nitrogens with one attached hydrogen (secondary N) is 1. The first-order valence-electron chi connectivity index (χ1n) is 8.42. The molecule has 2 heterocycles. The normalized spacial score (nSPS) is 17.9. The van der Waals surface area contributed by atoms with E-state index in [4.69, 9.17) is 0 Å². The summed E-state index contributed by atoms with van der Waals surface area (Å²) in [6, 6.07) is 3.89. The molecule has 2 aromatic rings. The van der Waals surface area contributed by atoms with Gasteiger partial charge in [0.1, 0.15) is 5.82 Å². The van der Waals surface area contributed by atoms with Crippen molar-refractivity contribution in [1.82, 2.24) is 19.7 Å². The Morgan fingerprint density at radius 1 is 1.17 bits per heavy atom. The van der Waals surface area contributed by atoms with Crippen LogP contribution >= 0.6 is 0 Å². The van der Waals surface area contributed by atoms with E-state index in [1.165, 1.54) is 0 Å². The van der Waals surface area contributed by atoms with Crippen molar-refractivity contribution in [3.8, 4) is 5.95 Å². The van der Waals surface area contributed by atoms with Gasteiger partial charge in [-0.3, -0.25) is 0 Å². The lowest BCUT2D eigenvalue weighted by atomic mass is 9.92. The van der Waals surface area contributed by atoms with E-state index in [-0.39, 0.29) is 18.9 Å². The molecule has 0 radical (unpaired) electrons. The van der Waals surface area contributed by atoms with Crippen molar-refractivity contribution < 1.29 is 8.78 Å². The van der Waals surface area contributed by atoms with Crippen LogP contribution in [0.2, 0.25) is 0 Å². The third kappa shape index (κ3) is 3.71. The van der Waals surface area contributed by atoms with E-state index < -0.39 is 5.92 Å². The number of halogens is 2. The van der Waals surface area contributed by atoms with Crippen LogP contribution in [-0.2, 0) is 6.42 Å². The van der Waals surface area contributed by atoms with Crippen LogP contribution in [0.15, 0.2) is 12.1 Å². The average molecular weight is 335 g/mol. The van der Waals surface area contributed by atoms with Crippen LogP contribution in [0.25, 0.3) is 5.95 Å². The Kier molecular flexibility index (Phi) is 4.51. The highest BCUT2D eigenvalue weighted by Crippen LogP contribution is 2.34. The second-order valence-corrected chi connectivity index (χ2v) is 6.51. The van der Waals surface area contributed by atoms with Crippen molar-refractivity contribution in [3.63, 3.8) is 0 Å². The van der Waals surface area contributed by atoms with Gasteiger partial charge in [-0.15, -0.1) is 0 Å². The molecular formula is C17H23F2N5. The molecule has 0 aromatic carbocycles. The molecule has 24 heavy (non-hydrogen) atoms. The lowest BCUT2D eigenvalue weighted by Gasteiger charge is -2.29. The molecule has 1 aliphatic rings. The van der Waals surface area contributed by atoms with Crippen molar-refractivity contribution in [1.29, 1.82) is 0 Å². The highest BCUT2D eigenvalue weighted by Gasteiger charge is 2.34. The van der Waals surface area contributed by atoms with Gasteiger partial charge < -0.3 is 5.32 Å². The summed E-state index contributed by atoms with van der Waals surface area (Å²) in [6.07, 6.45) is 1.59. The lowest BCUT2D eigenvalue weighted by Crippen LogP contribution is -2.32. The number of aryl methyl sites for hydroxylation is 3. The molecule has 2 aromatic heterocycles. The minimum absolute atomic E-state index is 0.0248. The van der Waals surface area contributed by atoms with Gasteiger partial charge in [0.15, 0.2) is 0 Å².